The summed E-state index contributed by atoms with van der Waals surface area (Å²) in [6, 6.07) is 4.31. The van der Waals surface area contributed by atoms with E-state index in [-0.39, 0.29) is 5.88 Å². The maximum atomic E-state index is 9.29. The summed E-state index contributed by atoms with van der Waals surface area (Å²) in [6.45, 7) is 1.01. The van der Waals surface area contributed by atoms with Crippen LogP contribution in [0.3, 0.4) is 0 Å². The number of anilines is 1. The first-order valence-corrected chi connectivity index (χ1v) is 7.31. The molecule has 0 atom stereocenters. The Balaban J connectivity index is 1.89. The molecule has 6 heteroatoms. The minimum absolute atomic E-state index is 0.0680. The van der Waals surface area contributed by atoms with E-state index in [1.807, 2.05) is 0 Å². The van der Waals surface area contributed by atoms with Crippen LogP contribution in [0.15, 0.2) is 17.5 Å². The Labute approximate surface area is 111 Å². The van der Waals surface area contributed by atoms with Gasteiger partial charge in [-0.15, -0.1) is 22.7 Å². The number of aromatic hydroxyl groups is 1. The molecule has 0 spiro atoms. The summed E-state index contributed by atoms with van der Waals surface area (Å²) >= 11 is 3.03. The van der Waals surface area contributed by atoms with Crippen LogP contribution in [0.2, 0.25) is 0 Å². The summed E-state index contributed by atoms with van der Waals surface area (Å²) in [7, 11) is 0. The summed E-state index contributed by atoms with van der Waals surface area (Å²) in [5.41, 5.74) is 3.58. The number of fused-ring (bicyclic) bond motifs is 2. The molecule has 0 amide bonds. The Morgan fingerprint density at radius 1 is 1.22 bits per heavy atom. The Morgan fingerprint density at radius 2 is 2.17 bits per heavy atom. The first kappa shape index (κ1) is 10.3. The van der Waals surface area contributed by atoms with E-state index in [9.17, 15) is 5.11 Å². The van der Waals surface area contributed by atoms with Gasteiger partial charge in [-0.1, -0.05) is 0 Å². The van der Waals surface area contributed by atoms with Gasteiger partial charge in [0.2, 0.25) is 5.88 Å². The van der Waals surface area contributed by atoms with Gasteiger partial charge in [0, 0.05) is 12.2 Å². The van der Waals surface area contributed by atoms with Gasteiger partial charge in [0.25, 0.3) is 0 Å². The highest BCUT2D eigenvalue weighted by Gasteiger charge is 2.15. The normalized spacial score (nSPS) is 13.8. The maximum Gasteiger partial charge on any atom is 0.222 e. The van der Waals surface area contributed by atoms with Gasteiger partial charge >= 0.3 is 0 Å². The van der Waals surface area contributed by atoms with E-state index in [1.54, 1.807) is 16.7 Å². The monoisotopic (exact) mass is 275 g/mol. The van der Waals surface area contributed by atoms with Gasteiger partial charge in [0.15, 0.2) is 10.0 Å². The second-order valence-electron chi connectivity index (χ2n) is 4.18. The maximum absolute atomic E-state index is 9.29. The van der Waals surface area contributed by atoms with Crippen molar-refractivity contribution in [2.24, 2.45) is 0 Å². The number of hydrogen-bond acceptors (Lipinski definition) is 6. The van der Waals surface area contributed by atoms with E-state index in [0.717, 1.165) is 33.2 Å². The lowest BCUT2D eigenvalue weighted by atomic mass is 10.1. The number of thiazole rings is 2. The lowest BCUT2D eigenvalue weighted by Crippen LogP contribution is -1.90. The van der Waals surface area contributed by atoms with E-state index in [0.29, 0.717) is 0 Å². The molecule has 18 heavy (non-hydrogen) atoms. The smallest absolute Gasteiger partial charge is 0.222 e. The predicted octanol–water partition coefficient (Wildman–Crippen LogP) is 3.09. The number of rotatable bonds is 1. The number of benzene rings is 1. The van der Waals surface area contributed by atoms with Crippen molar-refractivity contribution >= 4 is 38.6 Å². The largest absolute Gasteiger partial charge is 0.493 e. The molecule has 0 fully saturated rings. The number of aromatic nitrogens is 2. The molecule has 4 nitrogen and oxygen atoms in total. The van der Waals surface area contributed by atoms with Crippen molar-refractivity contribution in [2.45, 2.75) is 6.42 Å². The van der Waals surface area contributed by atoms with E-state index in [1.165, 1.54) is 22.6 Å². The van der Waals surface area contributed by atoms with Gasteiger partial charge in [-0.3, -0.25) is 0 Å². The number of nitrogens with one attached hydrogen (secondary N) is 1. The molecular weight excluding hydrogens is 266 g/mol. The number of hydrogen-bond donors (Lipinski definition) is 2. The first-order chi connectivity index (χ1) is 8.79. The summed E-state index contributed by atoms with van der Waals surface area (Å²) in [5, 5.41) is 15.9. The average molecular weight is 275 g/mol. The van der Waals surface area contributed by atoms with Crippen molar-refractivity contribution in [1.29, 1.82) is 0 Å². The minimum Gasteiger partial charge on any atom is -0.493 e. The van der Waals surface area contributed by atoms with Gasteiger partial charge in [-0.05, 0) is 24.1 Å². The van der Waals surface area contributed by atoms with Crippen molar-refractivity contribution in [3.63, 3.8) is 0 Å². The topological polar surface area (TPSA) is 58.0 Å². The third-order valence-electron chi connectivity index (χ3n) is 3.00. The highest BCUT2D eigenvalue weighted by molar-refractivity contribution is 7.25. The SMILES string of the molecule is Oc1csc(-c2nc3cc4c(cc3s2)NCC4)n1. The summed E-state index contributed by atoms with van der Waals surface area (Å²) in [6.07, 6.45) is 1.07. The quantitative estimate of drug-likeness (QED) is 0.716. The summed E-state index contributed by atoms with van der Waals surface area (Å²) in [5.74, 6) is 0.0680. The van der Waals surface area contributed by atoms with Crippen LogP contribution < -0.4 is 5.32 Å². The Bertz CT molecular complexity index is 706. The van der Waals surface area contributed by atoms with Crippen molar-refractivity contribution in [3.8, 4) is 15.9 Å². The molecule has 2 aromatic heterocycles. The van der Waals surface area contributed by atoms with Gasteiger partial charge in [0.1, 0.15) is 0 Å². The van der Waals surface area contributed by atoms with Crippen molar-refractivity contribution in [1.82, 2.24) is 9.97 Å². The first-order valence-electron chi connectivity index (χ1n) is 5.62. The van der Waals surface area contributed by atoms with Crippen LogP contribution >= 0.6 is 22.7 Å². The fourth-order valence-corrected chi connectivity index (χ4v) is 3.88. The Kier molecular flexibility index (Phi) is 2.09. The molecule has 3 heterocycles. The van der Waals surface area contributed by atoms with Crippen LogP contribution in [0.4, 0.5) is 5.69 Å². The van der Waals surface area contributed by atoms with E-state index in [2.05, 4.69) is 27.4 Å². The molecule has 1 aliphatic rings. The highest BCUT2D eigenvalue weighted by Crippen LogP contribution is 2.36. The van der Waals surface area contributed by atoms with Gasteiger partial charge < -0.3 is 10.4 Å². The zero-order valence-electron chi connectivity index (χ0n) is 9.30. The van der Waals surface area contributed by atoms with Crippen molar-refractivity contribution in [3.05, 3.63) is 23.1 Å². The van der Waals surface area contributed by atoms with E-state index in [4.69, 9.17) is 0 Å². The van der Waals surface area contributed by atoms with Crippen LogP contribution in [-0.2, 0) is 6.42 Å². The standard InChI is InChI=1S/C12H9N3OS2/c16-10-5-17-11(15-10)12-14-8-3-6-1-2-13-7(6)4-9(8)18-12/h3-5,13,16H,1-2H2. The van der Waals surface area contributed by atoms with Crippen molar-refractivity contribution in [2.75, 3.05) is 11.9 Å². The van der Waals surface area contributed by atoms with Crippen LogP contribution in [0.5, 0.6) is 5.88 Å². The predicted molar refractivity (Wildman–Crippen MR) is 74.6 cm³/mol. The molecule has 90 valence electrons. The van der Waals surface area contributed by atoms with E-state index < -0.39 is 0 Å². The lowest BCUT2D eigenvalue weighted by Gasteiger charge is -1.97. The van der Waals surface area contributed by atoms with Crippen LogP contribution in [0, 0.1) is 0 Å². The van der Waals surface area contributed by atoms with Crippen LogP contribution in [0.1, 0.15) is 5.56 Å². The third-order valence-corrected chi connectivity index (χ3v) is 4.99. The molecule has 4 rings (SSSR count). The molecule has 2 N–H and O–H groups in total. The summed E-state index contributed by atoms with van der Waals surface area (Å²) < 4.78 is 1.16. The fraction of sp³-hybridized carbons (Fsp3) is 0.167. The van der Waals surface area contributed by atoms with Gasteiger partial charge in [0.05, 0.1) is 15.6 Å². The minimum atomic E-state index is 0.0680. The second-order valence-corrected chi connectivity index (χ2v) is 6.07. The molecule has 0 unspecified atom stereocenters. The molecule has 3 aromatic rings. The second kappa shape index (κ2) is 3.66. The van der Waals surface area contributed by atoms with Crippen LogP contribution in [0.25, 0.3) is 20.2 Å². The molecule has 0 aliphatic carbocycles. The van der Waals surface area contributed by atoms with Crippen LogP contribution in [-0.4, -0.2) is 21.6 Å². The fourth-order valence-electron chi connectivity index (χ4n) is 2.18. The zero-order valence-corrected chi connectivity index (χ0v) is 10.9. The third kappa shape index (κ3) is 1.49. The molecule has 0 bridgehead atoms. The van der Waals surface area contributed by atoms with Gasteiger partial charge in [-0.25, -0.2) is 4.98 Å². The molecule has 0 radical (unpaired) electrons. The number of nitrogens with zero attached hydrogens (tertiary/aromatic N) is 2. The zero-order chi connectivity index (χ0) is 12.1. The molecule has 0 saturated carbocycles. The van der Waals surface area contributed by atoms with Crippen molar-refractivity contribution < 1.29 is 5.11 Å². The average Bonchev–Trinajstić information content (AvgIpc) is 3.02. The summed E-state index contributed by atoms with van der Waals surface area (Å²) in [4.78, 5) is 8.66. The van der Waals surface area contributed by atoms with Gasteiger partial charge in [-0.2, -0.15) is 4.98 Å². The molecular formula is C12H9N3OS2. The highest BCUT2D eigenvalue weighted by atomic mass is 32.1. The lowest BCUT2D eigenvalue weighted by molar-refractivity contribution is 0.458. The molecule has 1 aromatic carbocycles. The molecule has 1 aliphatic heterocycles. The molecule has 0 saturated heterocycles. The Hall–Kier alpha value is -1.66. The van der Waals surface area contributed by atoms with E-state index >= 15 is 0 Å². The Morgan fingerprint density at radius 3 is 3.00 bits per heavy atom.